The minimum atomic E-state index is -0.357. The summed E-state index contributed by atoms with van der Waals surface area (Å²) in [7, 11) is 0. The second kappa shape index (κ2) is 6.71. The van der Waals surface area contributed by atoms with E-state index in [2.05, 4.69) is 10.3 Å². The SMILES string of the molecule is CCOC(=O)c1ncc(Nc2cc(C)ccc2F)c2c1C1CCC2CC1. The molecule has 3 aliphatic rings. The number of carbonyl (C=O) groups is 1. The molecule has 0 radical (unpaired) electrons. The third-order valence-corrected chi connectivity index (χ3v) is 5.56. The van der Waals surface area contributed by atoms with Gasteiger partial charge < -0.3 is 10.1 Å². The summed E-state index contributed by atoms with van der Waals surface area (Å²) in [6.07, 6.45) is 6.03. The molecule has 0 unspecified atom stereocenters. The maximum Gasteiger partial charge on any atom is 0.357 e. The number of rotatable bonds is 4. The topological polar surface area (TPSA) is 51.2 Å². The van der Waals surface area contributed by atoms with Crippen molar-refractivity contribution in [2.75, 3.05) is 11.9 Å². The Morgan fingerprint density at radius 3 is 2.58 bits per heavy atom. The lowest BCUT2D eigenvalue weighted by atomic mass is 9.66. The van der Waals surface area contributed by atoms with Crippen LogP contribution in [0.2, 0.25) is 0 Å². The Labute approximate surface area is 152 Å². The molecule has 26 heavy (non-hydrogen) atoms. The van der Waals surface area contributed by atoms with Gasteiger partial charge in [0.15, 0.2) is 5.69 Å². The third kappa shape index (κ3) is 2.85. The van der Waals surface area contributed by atoms with Crippen molar-refractivity contribution in [2.24, 2.45) is 0 Å². The molecule has 0 amide bonds. The van der Waals surface area contributed by atoms with Crippen LogP contribution in [0.5, 0.6) is 0 Å². The average molecular weight is 354 g/mol. The lowest BCUT2D eigenvalue weighted by Crippen LogP contribution is -2.27. The lowest BCUT2D eigenvalue weighted by Gasteiger charge is -2.40. The van der Waals surface area contributed by atoms with Gasteiger partial charge >= 0.3 is 5.97 Å². The van der Waals surface area contributed by atoms with Crippen molar-refractivity contribution in [1.29, 1.82) is 0 Å². The Morgan fingerprint density at radius 1 is 1.19 bits per heavy atom. The molecule has 0 spiro atoms. The minimum absolute atomic E-state index is 0.292. The van der Waals surface area contributed by atoms with Gasteiger partial charge in [0.05, 0.1) is 24.2 Å². The van der Waals surface area contributed by atoms with Crippen LogP contribution < -0.4 is 5.32 Å². The summed E-state index contributed by atoms with van der Waals surface area (Å²) in [5.74, 6) is 0.0805. The number of hydrogen-bond donors (Lipinski definition) is 1. The highest BCUT2D eigenvalue weighted by Gasteiger charge is 2.38. The Balaban J connectivity index is 1.81. The van der Waals surface area contributed by atoms with Gasteiger partial charge in [-0.2, -0.15) is 0 Å². The number of nitrogens with one attached hydrogen (secondary N) is 1. The number of aryl methyl sites for hydroxylation is 1. The molecule has 0 atom stereocenters. The van der Waals surface area contributed by atoms with Gasteiger partial charge in [-0.25, -0.2) is 14.2 Å². The van der Waals surface area contributed by atoms with Crippen LogP contribution in [0.4, 0.5) is 15.8 Å². The number of esters is 1. The largest absolute Gasteiger partial charge is 0.461 e. The molecule has 2 aromatic rings. The van der Waals surface area contributed by atoms with E-state index in [-0.39, 0.29) is 11.8 Å². The third-order valence-electron chi connectivity index (χ3n) is 5.56. The van der Waals surface area contributed by atoms with Crippen LogP contribution >= 0.6 is 0 Å². The van der Waals surface area contributed by atoms with Crippen molar-refractivity contribution in [3.8, 4) is 0 Å². The van der Waals surface area contributed by atoms with Crippen molar-refractivity contribution in [3.05, 3.63) is 52.6 Å². The molecule has 1 aromatic carbocycles. The summed E-state index contributed by atoms with van der Waals surface area (Å²) in [4.78, 5) is 16.8. The van der Waals surface area contributed by atoms with E-state index in [0.717, 1.165) is 48.1 Å². The first-order valence-corrected chi connectivity index (χ1v) is 9.31. The molecule has 1 N–H and O–H groups in total. The summed E-state index contributed by atoms with van der Waals surface area (Å²) in [5, 5.41) is 3.23. The number of fused-ring (bicyclic) bond motifs is 2. The van der Waals surface area contributed by atoms with Crippen LogP contribution in [0.25, 0.3) is 0 Å². The molecule has 1 fully saturated rings. The molecule has 5 heteroatoms. The zero-order chi connectivity index (χ0) is 18.3. The number of hydrogen-bond acceptors (Lipinski definition) is 4. The molecule has 1 saturated carbocycles. The molecule has 0 aliphatic heterocycles. The van der Waals surface area contributed by atoms with E-state index in [1.54, 1.807) is 25.3 Å². The number of ether oxygens (including phenoxy) is 1. The Hall–Kier alpha value is -2.43. The molecule has 1 heterocycles. The minimum Gasteiger partial charge on any atom is -0.461 e. The number of anilines is 2. The lowest BCUT2D eigenvalue weighted by molar-refractivity contribution is 0.0516. The fourth-order valence-corrected chi connectivity index (χ4v) is 4.41. The van der Waals surface area contributed by atoms with Crippen molar-refractivity contribution in [2.45, 2.75) is 51.4 Å². The summed E-state index contributed by atoms with van der Waals surface area (Å²) in [5.41, 5.74) is 4.83. The standard InChI is InChI=1S/C21H23FN2O2/c1-3-26-21(25)20-19-14-7-5-13(6-8-14)18(19)17(11-23-20)24-16-10-12(2)4-9-15(16)22/h4,9-11,13-14,24H,3,5-8H2,1-2H3. The second-order valence-corrected chi connectivity index (χ2v) is 7.23. The molecule has 1 aromatic heterocycles. The first-order chi connectivity index (χ1) is 12.6. The molecule has 5 rings (SSSR count). The smallest absolute Gasteiger partial charge is 0.357 e. The Kier molecular flexibility index (Phi) is 4.39. The Bertz CT molecular complexity index is 857. The van der Waals surface area contributed by atoms with E-state index in [1.807, 2.05) is 6.92 Å². The molecule has 2 bridgehead atoms. The summed E-state index contributed by atoms with van der Waals surface area (Å²) >= 11 is 0. The number of pyridine rings is 1. The van der Waals surface area contributed by atoms with E-state index in [1.165, 1.54) is 6.07 Å². The highest BCUT2D eigenvalue weighted by atomic mass is 19.1. The van der Waals surface area contributed by atoms with Gasteiger partial charge in [0.25, 0.3) is 0 Å². The van der Waals surface area contributed by atoms with Crippen LogP contribution in [-0.2, 0) is 4.74 Å². The number of benzene rings is 1. The van der Waals surface area contributed by atoms with Gasteiger partial charge in [-0.3, -0.25) is 0 Å². The van der Waals surface area contributed by atoms with Gasteiger partial charge in [0.2, 0.25) is 0 Å². The number of carbonyl (C=O) groups excluding carboxylic acids is 1. The zero-order valence-corrected chi connectivity index (χ0v) is 15.1. The summed E-state index contributed by atoms with van der Waals surface area (Å²) in [6.45, 7) is 4.06. The maximum absolute atomic E-state index is 14.2. The fourth-order valence-electron chi connectivity index (χ4n) is 4.41. The first kappa shape index (κ1) is 17.0. The van der Waals surface area contributed by atoms with Crippen molar-refractivity contribution < 1.29 is 13.9 Å². The highest BCUT2D eigenvalue weighted by Crippen LogP contribution is 2.52. The first-order valence-electron chi connectivity index (χ1n) is 9.31. The predicted molar refractivity (Wildman–Crippen MR) is 98.6 cm³/mol. The van der Waals surface area contributed by atoms with E-state index in [4.69, 9.17) is 4.74 Å². The van der Waals surface area contributed by atoms with Crippen LogP contribution in [0.15, 0.2) is 24.4 Å². The van der Waals surface area contributed by atoms with Crippen molar-refractivity contribution >= 4 is 17.3 Å². The summed E-state index contributed by atoms with van der Waals surface area (Å²) in [6, 6.07) is 5.01. The van der Waals surface area contributed by atoms with Gasteiger partial charge in [0.1, 0.15) is 5.82 Å². The van der Waals surface area contributed by atoms with Gasteiger partial charge in [0, 0.05) is 0 Å². The second-order valence-electron chi connectivity index (χ2n) is 7.23. The molecule has 0 saturated heterocycles. The van der Waals surface area contributed by atoms with Crippen LogP contribution in [-0.4, -0.2) is 17.6 Å². The number of nitrogens with zero attached hydrogens (tertiary/aromatic N) is 1. The highest BCUT2D eigenvalue weighted by molar-refractivity contribution is 5.91. The number of halogens is 1. The van der Waals surface area contributed by atoms with Crippen LogP contribution in [0.3, 0.4) is 0 Å². The summed E-state index contributed by atoms with van der Waals surface area (Å²) < 4.78 is 19.4. The van der Waals surface area contributed by atoms with Crippen LogP contribution in [0, 0.1) is 12.7 Å². The quantitative estimate of drug-likeness (QED) is 0.766. The number of aromatic nitrogens is 1. The van der Waals surface area contributed by atoms with Gasteiger partial charge in [-0.05, 0) is 80.2 Å². The zero-order valence-electron chi connectivity index (χ0n) is 15.1. The molecule has 136 valence electrons. The average Bonchev–Trinajstić information content (AvgIpc) is 2.66. The van der Waals surface area contributed by atoms with Gasteiger partial charge in [-0.15, -0.1) is 0 Å². The fraction of sp³-hybridized carbons (Fsp3) is 0.429. The predicted octanol–water partition coefficient (Wildman–Crippen LogP) is 5.20. The monoisotopic (exact) mass is 354 g/mol. The normalized spacial score (nSPS) is 20.6. The molecule has 4 nitrogen and oxygen atoms in total. The van der Waals surface area contributed by atoms with E-state index < -0.39 is 0 Å². The van der Waals surface area contributed by atoms with Crippen LogP contribution in [0.1, 0.15) is 71.6 Å². The van der Waals surface area contributed by atoms with Gasteiger partial charge in [-0.1, -0.05) is 6.07 Å². The molecular formula is C21H23FN2O2. The van der Waals surface area contributed by atoms with E-state index >= 15 is 0 Å². The molecule has 3 aliphatic carbocycles. The van der Waals surface area contributed by atoms with Crippen molar-refractivity contribution in [3.63, 3.8) is 0 Å². The van der Waals surface area contributed by atoms with E-state index in [9.17, 15) is 9.18 Å². The maximum atomic E-state index is 14.2. The van der Waals surface area contributed by atoms with Crippen molar-refractivity contribution in [1.82, 2.24) is 4.98 Å². The van der Waals surface area contributed by atoms with E-state index in [0.29, 0.717) is 29.8 Å². The molecular weight excluding hydrogens is 331 g/mol. The Morgan fingerprint density at radius 2 is 1.88 bits per heavy atom.